The van der Waals surface area contributed by atoms with Gasteiger partial charge < -0.3 is 23.7 Å². The Bertz CT molecular complexity index is 933. The van der Waals surface area contributed by atoms with Gasteiger partial charge in [0, 0.05) is 24.3 Å². The lowest BCUT2D eigenvalue weighted by atomic mass is 9.81. The fourth-order valence-electron chi connectivity index (χ4n) is 5.22. The number of rotatable bonds is 3. The predicted molar refractivity (Wildman–Crippen MR) is 96.1 cm³/mol. The fraction of sp³-hybridized carbons (Fsp3) is 0.571. The van der Waals surface area contributed by atoms with Crippen LogP contribution in [0.1, 0.15) is 26.7 Å². The van der Waals surface area contributed by atoms with Crippen molar-refractivity contribution in [2.45, 2.75) is 56.1 Å². The topological polar surface area (TPSA) is 104 Å². The van der Waals surface area contributed by atoms with E-state index in [1.807, 2.05) is 0 Å². The Balaban J connectivity index is 1.65. The molecule has 0 aromatic rings. The van der Waals surface area contributed by atoms with E-state index in [0.29, 0.717) is 16.7 Å². The number of allylic oxidation sites excluding steroid dienone is 1. The van der Waals surface area contributed by atoms with Crippen molar-refractivity contribution in [1.82, 2.24) is 0 Å². The molecule has 5 aliphatic heterocycles. The van der Waals surface area contributed by atoms with E-state index in [-0.39, 0.29) is 18.6 Å². The smallest absolute Gasteiger partial charge is 0.347 e. The molecular weight excluding hydrogens is 380 g/mol. The van der Waals surface area contributed by atoms with E-state index >= 15 is 0 Å². The van der Waals surface area contributed by atoms with Gasteiger partial charge in [-0.2, -0.15) is 0 Å². The van der Waals surface area contributed by atoms with E-state index < -0.39 is 53.2 Å². The van der Waals surface area contributed by atoms with Crippen LogP contribution in [0.25, 0.3) is 0 Å². The maximum Gasteiger partial charge on any atom is 0.347 e. The molecule has 0 saturated carbocycles. The second kappa shape index (κ2) is 5.44. The molecule has 3 fully saturated rings. The van der Waals surface area contributed by atoms with Crippen LogP contribution in [-0.2, 0) is 38.1 Å². The molecule has 8 heteroatoms. The second-order valence-electron chi connectivity index (χ2n) is 8.54. The molecule has 0 aliphatic carbocycles. The zero-order valence-electron chi connectivity index (χ0n) is 16.5. The summed E-state index contributed by atoms with van der Waals surface area (Å²) >= 11 is 0. The first-order valence-electron chi connectivity index (χ1n) is 9.53. The molecule has 8 nitrogen and oxygen atoms in total. The van der Waals surface area contributed by atoms with Gasteiger partial charge in [0.15, 0.2) is 6.10 Å². The van der Waals surface area contributed by atoms with Crippen LogP contribution in [-0.4, -0.2) is 54.2 Å². The van der Waals surface area contributed by atoms with Gasteiger partial charge in [0.05, 0.1) is 13.0 Å². The lowest BCUT2D eigenvalue weighted by Gasteiger charge is -2.30. The Labute approximate surface area is 167 Å². The van der Waals surface area contributed by atoms with Crippen LogP contribution in [0.15, 0.2) is 36.0 Å². The Hall–Kier alpha value is -2.29. The molecule has 0 radical (unpaired) electrons. The quantitative estimate of drug-likeness (QED) is 0.396. The average Bonchev–Trinajstić information content (AvgIpc) is 3.46. The number of epoxide rings is 2. The van der Waals surface area contributed by atoms with Crippen LogP contribution < -0.4 is 0 Å². The van der Waals surface area contributed by atoms with Crippen molar-refractivity contribution in [1.29, 1.82) is 0 Å². The number of esters is 2. The van der Waals surface area contributed by atoms with E-state index in [1.165, 1.54) is 7.11 Å². The van der Waals surface area contributed by atoms with Gasteiger partial charge >= 0.3 is 11.9 Å². The van der Waals surface area contributed by atoms with Gasteiger partial charge in [0.25, 0.3) is 5.60 Å². The van der Waals surface area contributed by atoms with Gasteiger partial charge in [-0.3, -0.25) is 4.79 Å². The molecule has 0 unspecified atom stereocenters. The minimum absolute atomic E-state index is 0.0889. The normalized spacial score (nSPS) is 46.5. The number of fused-ring (bicyclic) bond motifs is 2. The summed E-state index contributed by atoms with van der Waals surface area (Å²) in [5, 5.41) is 0. The number of ether oxygens (including phenoxy) is 5. The number of methoxy groups -OCH3 is 1. The third-order valence-corrected chi connectivity index (χ3v) is 6.63. The largest absolute Gasteiger partial charge is 0.467 e. The number of hydrogen-bond donors (Lipinski definition) is 0. The van der Waals surface area contributed by atoms with Crippen molar-refractivity contribution in [3.8, 4) is 0 Å². The lowest BCUT2D eigenvalue weighted by Crippen LogP contribution is -2.40. The molecule has 154 valence electrons. The number of hydrogen-bond acceptors (Lipinski definition) is 8. The van der Waals surface area contributed by atoms with Crippen LogP contribution >= 0.6 is 0 Å². The average molecular weight is 402 g/mol. The number of carbonyl (C=O) groups is 3. The zero-order chi connectivity index (χ0) is 20.9. The van der Waals surface area contributed by atoms with Crippen molar-refractivity contribution in [3.05, 3.63) is 36.0 Å². The highest BCUT2D eigenvalue weighted by atomic mass is 17.0. The first-order chi connectivity index (χ1) is 13.6. The Morgan fingerprint density at radius 2 is 1.93 bits per heavy atom. The van der Waals surface area contributed by atoms with Crippen molar-refractivity contribution in [2.75, 3.05) is 7.11 Å². The summed E-state index contributed by atoms with van der Waals surface area (Å²) in [4.78, 5) is 38.1. The summed E-state index contributed by atoms with van der Waals surface area (Å²) in [7, 11) is 1.26. The molecule has 5 heterocycles. The summed E-state index contributed by atoms with van der Waals surface area (Å²) in [5.74, 6) is -5.17. The Kier molecular flexibility index (Phi) is 3.51. The highest BCUT2D eigenvalue weighted by Crippen LogP contribution is 2.75. The lowest BCUT2D eigenvalue weighted by molar-refractivity contribution is -0.186. The van der Waals surface area contributed by atoms with Crippen LogP contribution in [0, 0.1) is 11.8 Å². The van der Waals surface area contributed by atoms with Gasteiger partial charge in [-0.1, -0.05) is 24.3 Å². The molecule has 29 heavy (non-hydrogen) atoms. The molecule has 0 aromatic heterocycles. The fourth-order valence-corrected chi connectivity index (χ4v) is 5.22. The van der Waals surface area contributed by atoms with Crippen molar-refractivity contribution in [2.24, 2.45) is 11.8 Å². The van der Waals surface area contributed by atoms with Crippen LogP contribution in [0.4, 0.5) is 0 Å². The van der Waals surface area contributed by atoms with Crippen molar-refractivity contribution < 1.29 is 38.1 Å². The van der Waals surface area contributed by atoms with Gasteiger partial charge in [0.1, 0.15) is 11.9 Å². The number of Topliss-reactive ketones (excluding diaryl/α,β-unsaturated/α-hetero) is 1. The van der Waals surface area contributed by atoms with E-state index in [9.17, 15) is 14.4 Å². The molecule has 4 bridgehead atoms. The molecule has 7 atom stereocenters. The van der Waals surface area contributed by atoms with Crippen LogP contribution in [0.3, 0.4) is 0 Å². The predicted octanol–water partition coefficient (Wildman–Crippen LogP) is 1.35. The minimum Gasteiger partial charge on any atom is -0.467 e. The highest BCUT2D eigenvalue weighted by molar-refractivity contribution is 5.99. The van der Waals surface area contributed by atoms with Gasteiger partial charge in [-0.25, -0.2) is 9.59 Å². The maximum absolute atomic E-state index is 13.0. The summed E-state index contributed by atoms with van der Waals surface area (Å²) in [6.45, 7) is 11.5. The summed E-state index contributed by atoms with van der Waals surface area (Å²) in [5.41, 5.74) is 0.105. The van der Waals surface area contributed by atoms with E-state index in [4.69, 9.17) is 23.7 Å². The first kappa shape index (κ1) is 18.7. The van der Waals surface area contributed by atoms with E-state index in [0.717, 1.165) is 0 Å². The molecule has 3 saturated heterocycles. The SMILES string of the molecule is C=C(C)[C@H]1C[C@@]23O[C@@]4(O[C@@H]4[C@]2(C(=O)OC)O3)[C@H](C(=C)C)[C@H]2C=C(CC1=O)C(=O)O2. The third-order valence-electron chi connectivity index (χ3n) is 6.63. The van der Waals surface area contributed by atoms with E-state index in [2.05, 4.69) is 13.2 Å². The van der Waals surface area contributed by atoms with Gasteiger partial charge in [0.2, 0.25) is 11.6 Å². The highest BCUT2D eigenvalue weighted by Gasteiger charge is 2.99. The Morgan fingerprint density at radius 3 is 2.55 bits per heavy atom. The maximum atomic E-state index is 13.0. The number of ketones is 1. The monoisotopic (exact) mass is 402 g/mol. The van der Waals surface area contributed by atoms with Crippen molar-refractivity contribution >= 4 is 17.7 Å². The zero-order valence-corrected chi connectivity index (χ0v) is 16.5. The summed E-state index contributed by atoms with van der Waals surface area (Å²) < 4.78 is 28.6. The molecule has 0 amide bonds. The summed E-state index contributed by atoms with van der Waals surface area (Å²) in [6, 6.07) is 0. The third kappa shape index (κ3) is 2.11. The molecule has 5 rings (SSSR count). The molecule has 2 spiro atoms. The van der Waals surface area contributed by atoms with Crippen LogP contribution in [0.5, 0.6) is 0 Å². The summed E-state index contributed by atoms with van der Waals surface area (Å²) in [6.07, 6.45) is 0.181. The van der Waals surface area contributed by atoms with E-state index in [1.54, 1.807) is 19.9 Å². The molecule has 5 aliphatic rings. The van der Waals surface area contributed by atoms with Crippen molar-refractivity contribution in [3.63, 3.8) is 0 Å². The Morgan fingerprint density at radius 1 is 1.21 bits per heavy atom. The van der Waals surface area contributed by atoms with Gasteiger partial charge in [-0.15, -0.1) is 0 Å². The first-order valence-corrected chi connectivity index (χ1v) is 9.53. The molecular formula is C21H22O8. The second-order valence-corrected chi connectivity index (χ2v) is 8.54. The van der Waals surface area contributed by atoms with Crippen LogP contribution in [0.2, 0.25) is 0 Å². The molecule has 0 aromatic carbocycles. The standard InChI is InChI=1S/C21H22O8/c1-9(2)12-8-19-20(28-19,18(24)25-5)17-21(27-17,29-19)15(10(3)4)14-7-11(6-13(12)22)16(23)26-14/h7,12,14-15,17H,1,3,6,8H2,2,4-5H3/t12-,14-,15-,17-,19-,20-,21+/m1/s1. The minimum atomic E-state index is -1.46. The van der Waals surface area contributed by atoms with Gasteiger partial charge in [-0.05, 0) is 19.9 Å². The number of carbonyl (C=O) groups excluding carboxylic acids is 3. The molecule has 0 N–H and O–H groups in total.